The molecule has 0 aromatic heterocycles. The van der Waals surface area contributed by atoms with Gasteiger partial charge in [-0.2, -0.15) is 0 Å². The molecule has 5 nitrogen and oxygen atoms in total. The van der Waals surface area contributed by atoms with Crippen LogP contribution in [0, 0.1) is 10.1 Å². The van der Waals surface area contributed by atoms with Gasteiger partial charge in [0.15, 0.2) is 0 Å². The van der Waals surface area contributed by atoms with Crippen LogP contribution in [-0.4, -0.2) is 15.1 Å². The molecule has 0 saturated carbocycles. The lowest BCUT2D eigenvalue weighted by molar-refractivity contribution is -0.384. The second-order valence-corrected chi connectivity index (χ2v) is 6.10. The van der Waals surface area contributed by atoms with E-state index >= 15 is 0 Å². The Kier molecular flexibility index (Phi) is 2.91. The highest BCUT2D eigenvalue weighted by atomic mass is 16.6. The molecule has 2 aromatic rings. The van der Waals surface area contributed by atoms with Crippen molar-refractivity contribution in [1.82, 2.24) is 0 Å². The largest absolute Gasteiger partial charge is 0.508 e. The molecule has 2 aromatic carbocycles. The Morgan fingerprint density at radius 1 is 1.00 bits per heavy atom. The van der Waals surface area contributed by atoms with Crippen molar-refractivity contribution >= 4 is 5.69 Å². The van der Waals surface area contributed by atoms with Crippen LogP contribution in [0.25, 0.3) is 11.1 Å². The standard InChI is InChI=1S/C18H15NO4/c20-15-9-14(10-5-7-13(8-6-10)19(22)23)18(21)17-12-3-1-11(2-4-12)16(15)17/h1,3,5-9,11-12,20-21H,2,4H2. The molecule has 0 spiro atoms. The fraction of sp³-hybridized carbons (Fsp3) is 0.222. The maximum atomic E-state index is 10.8. The van der Waals surface area contributed by atoms with Gasteiger partial charge in [-0.25, -0.2) is 0 Å². The van der Waals surface area contributed by atoms with Crippen LogP contribution in [0.3, 0.4) is 0 Å². The van der Waals surface area contributed by atoms with Gasteiger partial charge < -0.3 is 10.2 Å². The van der Waals surface area contributed by atoms with E-state index in [1.807, 2.05) is 0 Å². The van der Waals surface area contributed by atoms with Crippen LogP contribution in [0.1, 0.15) is 35.8 Å². The molecule has 116 valence electrons. The minimum Gasteiger partial charge on any atom is -0.508 e. The number of allylic oxidation sites excluding steroid dienone is 2. The van der Waals surface area contributed by atoms with Crippen LogP contribution in [0.4, 0.5) is 5.69 Å². The third kappa shape index (κ3) is 2.00. The van der Waals surface area contributed by atoms with Crippen LogP contribution in [-0.2, 0) is 0 Å². The van der Waals surface area contributed by atoms with Crippen LogP contribution >= 0.6 is 0 Å². The number of nitro groups is 1. The van der Waals surface area contributed by atoms with E-state index < -0.39 is 4.92 Å². The van der Waals surface area contributed by atoms with Gasteiger partial charge in [0.25, 0.3) is 5.69 Å². The highest BCUT2D eigenvalue weighted by Gasteiger charge is 2.34. The van der Waals surface area contributed by atoms with E-state index in [-0.39, 0.29) is 29.0 Å². The number of aromatic hydroxyl groups is 2. The van der Waals surface area contributed by atoms with Gasteiger partial charge in [0.2, 0.25) is 0 Å². The lowest BCUT2D eigenvalue weighted by atomic mass is 9.70. The first-order chi connectivity index (χ1) is 11.1. The van der Waals surface area contributed by atoms with Gasteiger partial charge in [-0.3, -0.25) is 10.1 Å². The molecule has 0 fully saturated rings. The van der Waals surface area contributed by atoms with Gasteiger partial charge in [-0.15, -0.1) is 0 Å². The van der Waals surface area contributed by atoms with Crippen LogP contribution in [0.2, 0.25) is 0 Å². The first-order valence-electron chi connectivity index (χ1n) is 7.58. The van der Waals surface area contributed by atoms with E-state index in [0.29, 0.717) is 11.1 Å². The monoisotopic (exact) mass is 309 g/mol. The van der Waals surface area contributed by atoms with Gasteiger partial charge in [0.1, 0.15) is 11.5 Å². The molecule has 2 bridgehead atoms. The summed E-state index contributed by atoms with van der Waals surface area (Å²) in [5.41, 5.74) is 2.79. The molecule has 23 heavy (non-hydrogen) atoms. The molecule has 2 unspecified atom stereocenters. The lowest BCUT2D eigenvalue weighted by Gasteiger charge is -2.35. The Morgan fingerprint density at radius 2 is 1.61 bits per heavy atom. The molecule has 5 heteroatoms. The van der Waals surface area contributed by atoms with Gasteiger partial charge in [0.05, 0.1) is 4.92 Å². The number of nitro benzene ring substituents is 1. The maximum absolute atomic E-state index is 10.8. The average Bonchev–Trinajstić information content (AvgIpc) is 2.58. The predicted molar refractivity (Wildman–Crippen MR) is 85.7 cm³/mol. The first-order valence-corrected chi connectivity index (χ1v) is 7.58. The predicted octanol–water partition coefficient (Wildman–Crippen LogP) is 4.20. The van der Waals surface area contributed by atoms with Crippen LogP contribution in [0.15, 0.2) is 42.5 Å². The molecule has 0 saturated heterocycles. The van der Waals surface area contributed by atoms with Crippen molar-refractivity contribution in [3.8, 4) is 22.6 Å². The van der Waals surface area contributed by atoms with E-state index in [1.165, 1.54) is 12.1 Å². The maximum Gasteiger partial charge on any atom is 0.269 e. The summed E-state index contributed by atoms with van der Waals surface area (Å²) < 4.78 is 0. The number of benzene rings is 2. The number of phenolic OH excluding ortho intramolecular Hbond substituents is 2. The molecule has 3 aliphatic carbocycles. The van der Waals surface area contributed by atoms with E-state index in [0.717, 1.165) is 24.0 Å². The minimum absolute atomic E-state index is 0.00240. The second kappa shape index (κ2) is 4.84. The third-order valence-corrected chi connectivity index (χ3v) is 4.85. The van der Waals surface area contributed by atoms with Crippen molar-refractivity contribution < 1.29 is 15.1 Å². The van der Waals surface area contributed by atoms with Crippen molar-refractivity contribution in [2.45, 2.75) is 24.7 Å². The summed E-state index contributed by atoms with van der Waals surface area (Å²) >= 11 is 0. The van der Waals surface area contributed by atoms with Gasteiger partial charge in [-0.05, 0) is 36.6 Å². The summed E-state index contributed by atoms with van der Waals surface area (Å²) in [6.45, 7) is 0. The van der Waals surface area contributed by atoms with E-state index in [9.17, 15) is 20.3 Å². The molecule has 3 aliphatic rings. The smallest absolute Gasteiger partial charge is 0.269 e. The number of non-ortho nitro benzene ring substituents is 1. The van der Waals surface area contributed by atoms with Crippen molar-refractivity contribution in [1.29, 1.82) is 0 Å². The summed E-state index contributed by atoms with van der Waals surface area (Å²) in [6, 6.07) is 7.55. The molecular formula is C18H15NO4. The topological polar surface area (TPSA) is 83.6 Å². The first kappa shape index (κ1) is 13.8. The van der Waals surface area contributed by atoms with Gasteiger partial charge >= 0.3 is 0 Å². The summed E-state index contributed by atoms with van der Waals surface area (Å²) in [5, 5.41) is 31.9. The van der Waals surface area contributed by atoms with Crippen molar-refractivity contribution in [2.75, 3.05) is 0 Å². The van der Waals surface area contributed by atoms with Crippen molar-refractivity contribution in [3.05, 3.63) is 63.7 Å². The molecular weight excluding hydrogens is 294 g/mol. The zero-order chi connectivity index (χ0) is 16.1. The number of nitrogens with zero attached hydrogens (tertiary/aromatic N) is 1. The third-order valence-electron chi connectivity index (χ3n) is 4.85. The lowest BCUT2D eigenvalue weighted by Crippen LogP contribution is -2.17. The molecule has 2 atom stereocenters. The number of hydrogen-bond acceptors (Lipinski definition) is 4. The van der Waals surface area contributed by atoms with Crippen molar-refractivity contribution in [3.63, 3.8) is 0 Å². The highest BCUT2D eigenvalue weighted by molar-refractivity contribution is 5.77. The highest BCUT2D eigenvalue weighted by Crippen LogP contribution is 2.54. The SMILES string of the molecule is O=[N+]([O-])c1ccc(-c2cc(O)c3c(c2O)C2C=CC3CC2)cc1. The van der Waals surface area contributed by atoms with Gasteiger partial charge in [0, 0.05) is 40.7 Å². The summed E-state index contributed by atoms with van der Waals surface area (Å²) in [4.78, 5) is 10.3. The molecule has 0 radical (unpaired) electrons. The Bertz CT molecular complexity index is 839. The molecule has 0 aliphatic heterocycles. The minimum atomic E-state index is -0.461. The second-order valence-electron chi connectivity index (χ2n) is 6.10. The fourth-order valence-corrected chi connectivity index (χ4v) is 3.74. The average molecular weight is 309 g/mol. The quantitative estimate of drug-likeness (QED) is 0.377. The number of phenols is 2. The van der Waals surface area contributed by atoms with E-state index in [2.05, 4.69) is 12.2 Å². The Labute approximate surface area is 132 Å². The number of hydrogen-bond donors (Lipinski definition) is 2. The fourth-order valence-electron chi connectivity index (χ4n) is 3.74. The molecule has 0 amide bonds. The van der Waals surface area contributed by atoms with E-state index in [1.54, 1.807) is 18.2 Å². The Hall–Kier alpha value is -2.82. The van der Waals surface area contributed by atoms with E-state index in [4.69, 9.17) is 0 Å². The zero-order valence-corrected chi connectivity index (χ0v) is 12.3. The zero-order valence-electron chi connectivity index (χ0n) is 12.3. The normalized spacial score (nSPS) is 21.2. The number of fused-ring (bicyclic) bond motifs is 1. The Morgan fingerprint density at radius 3 is 2.17 bits per heavy atom. The molecule has 5 rings (SSSR count). The molecule has 2 N–H and O–H groups in total. The number of rotatable bonds is 2. The molecule has 0 heterocycles. The van der Waals surface area contributed by atoms with Crippen LogP contribution in [0.5, 0.6) is 11.5 Å². The Balaban J connectivity index is 1.87. The summed E-state index contributed by atoms with van der Waals surface area (Å²) in [5.74, 6) is 0.640. The van der Waals surface area contributed by atoms with Crippen molar-refractivity contribution in [2.24, 2.45) is 0 Å². The summed E-state index contributed by atoms with van der Waals surface area (Å²) in [7, 11) is 0. The summed E-state index contributed by atoms with van der Waals surface area (Å²) in [6.07, 6.45) is 6.14. The van der Waals surface area contributed by atoms with Crippen LogP contribution < -0.4 is 0 Å². The van der Waals surface area contributed by atoms with Gasteiger partial charge in [-0.1, -0.05) is 12.2 Å².